The molecule has 116 valence electrons. The van der Waals surface area contributed by atoms with Crippen molar-refractivity contribution in [1.82, 2.24) is 0 Å². The van der Waals surface area contributed by atoms with Gasteiger partial charge in [-0.1, -0.05) is 12.1 Å². The van der Waals surface area contributed by atoms with Gasteiger partial charge in [-0.2, -0.15) is 0 Å². The van der Waals surface area contributed by atoms with Crippen molar-refractivity contribution in [3.8, 4) is 0 Å². The van der Waals surface area contributed by atoms with Crippen LogP contribution >= 0.6 is 0 Å². The van der Waals surface area contributed by atoms with E-state index in [0.717, 1.165) is 13.1 Å². The summed E-state index contributed by atoms with van der Waals surface area (Å²) in [6, 6.07) is 6.85. The van der Waals surface area contributed by atoms with Gasteiger partial charge in [0, 0.05) is 24.8 Å². The molecule has 1 aromatic rings. The maximum Gasteiger partial charge on any atom is 0.0758 e. The first-order chi connectivity index (χ1) is 9.94. The lowest BCUT2D eigenvalue weighted by molar-refractivity contribution is -0.0116. The fourth-order valence-electron chi connectivity index (χ4n) is 3.62. The number of rotatable bonds is 3. The minimum absolute atomic E-state index is 0.0577. The van der Waals surface area contributed by atoms with Crippen molar-refractivity contribution in [2.24, 2.45) is 5.73 Å². The molecule has 2 atom stereocenters. The Morgan fingerprint density at radius 3 is 2.90 bits per heavy atom. The fourth-order valence-corrected chi connectivity index (χ4v) is 3.62. The third-order valence-corrected chi connectivity index (χ3v) is 4.82. The van der Waals surface area contributed by atoms with Crippen LogP contribution in [-0.4, -0.2) is 24.8 Å². The van der Waals surface area contributed by atoms with Crippen molar-refractivity contribution in [2.45, 2.75) is 64.2 Å². The number of hydrogen-bond donors (Lipinski definition) is 1. The van der Waals surface area contributed by atoms with E-state index in [1.165, 1.54) is 42.5 Å². The van der Waals surface area contributed by atoms with Crippen molar-refractivity contribution in [1.29, 1.82) is 0 Å². The van der Waals surface area contributed by atoms with Gasteiger partial charge in [-0.25, -0.2) is 0 Å². The normalized spacial score (nSPS) is 25.7. The summed E-state index contributed by atoms with van der Waals surface area (Å²) in [4.78, 5) is 2.51. The summed E-state index contributed by atoms with van der Waals surface area (Å²) >= 11 is 0. The van der Waals surface area contributed by atoms with E-state index in [1.54, 1.807) is 0 Å². The highest BCUT2D eigenvalue weighted by Crippen LogP contribution is 2.33. The topological polar surface area (TPSA) is 38.5 Å². The number of nitrogens with zero attached hydrogens (tertiary/aromatic N) is 1. The summed E-state index contributed by atoms with van der Waals surface area (Å²) in [5.41, 5.74) is 10.2. The Hall–Kier alpha value is -1.06. The highest BCUT2D eigenvalue weighted by Gasteiger charge is 2.33. The summed E-state index contributed by atoms with van der Waals surface area (Å²) in [6.07, 6.45) is 5.12. The molecule has 3 heteroatoms. The maximum absolute atomic E-state index is 6.17. The largest absolute Gasteiger partial charge is 0.371 e. The molecule has 0 amide bonds. The van der Waals surface area contributed by atoms with E-state index < -0.39 is 0 Å². The molecule has 2 N–H and O–H groups in total. The molecule has 2 unspecified atom stereocenters. The SMILES string of the molecule is CC(N)c1ccc2c(c1)CCCN2CC1CCC(C)(C)O1. The lowest BCUT2D eigenvalue weighted by atomic mass is 9.96. The first-order valence-electron chi connectivity index (χ1n) is 8.26. The smallest absolute Gasteiger partial charge is 0.0758 e. The molecule has 21 heavy (non-hydrogen) atoms. The zero-order valence-electron chi connectivity index (χ0n) is 13.6. The number of hydrogen-bond acceptors (Lipinski definition) is 3. The molecule has 1 saturated heterocycles. The summed E-state index contributed by atoms with van der Waals surface area (Å²) in [5, 5.41) is 0. The van der Waals surface area contributed by atoms with E-state index in [-0.39, 0.29) is 11.6 Å². The summed E-state index contributed by atoms with van der Waals surface area (Å²) in [6.45, 7) is 8.62. The minimum atomic E-state index is 0.0577. The molecule has 2 aliphatic rings. The van der Waals surface area contributed by atoms with E-state index in [9.17, 15) is 0 Å². The Morgan fingerprint density at radius 1 is 1.43 bits per heavy atom. The van der Waals surface area contributed by atoms with E-state index >= 15 is 0 Å². The van der Waals surface area contributed by atoms with Crippen molar-refractivity contribution in [2.75, 3.05) is 18.0 Å². The van der Waals surface area contributed by atoms with E-state index in [1.807, 2.05) is 0 Å². The zero-order chi connectivity index (χ0) is 15.0. The third kappa shape index (κ3) is 3.24. The van der Waals surface area contributed by atoms with Crippen LogP contribution in [0.3, 0.4) is 0 Å². The molecule has 3 rings (SSSR count). The Kier molecular flexibility index (Phi) is 3.98. The van der Waals surface area contributed by atoms with Crippen LogP contribution in [0, 0.1) is 0 Å². The molecular weight excluding hydrogens is 260 g/mol. The molecule has 0 aliphatic carbocycles. The van der Waals surface area contributed by atoms with Gasteiger partial charge in [-0.05, 0) is 63.6 Å². The van der Waals surface area contributed by atoms with Crippen LogP contribution in [-0.2, 0) is 11.2 Å². The Balaban J connectivity index is 1.75. The van der Waals surface area contributed by atoms with E-state index in [2.05, 4.69) is 43.9 Å². The van der Waals surface area contributed by atoms with Crippen molar-refractivity contribution in [3.05, 3.63) is 29.3 Å². The molecule has 0 saturated carbocycles. The number of benzene rings is 1. The van der Waals surface area contributed by atoms with Gasteiger partial charge in [-0.3, -0.25) is 0 Å². The average Bonchev–Trinajstić information content (AvgIpc) is 2.77. The van der Waals surface area contributed by atoms with Crippen LogP contribution in [0.5, 0.6) is 0 Å². The highest BCUT2D eigenvalue weighted by molar-refractivity contribution is 5.57. The summed E-state index contributed by atoms with van der Waals surface area (Å²) in [5.74, 6) is 0. The van der Waals surface area contributed by atoms with Crippen molar-refractivity contribution in [3.63, 3.8) is 0 Å². The minimum Gasteiger partial charge on any atom is -0.371 e. The Bertz CT molecular complexity index is 510. The molecule has 0 bridgehead atoms. The van der Waals surface area contributed by atoms with Gasteiger partial charge in [0.1, 0.15) is 0 Å². The molecule has 0 aromatic heterocycles. The predicted octanol–water partition coefficient (Wildman–Crippen LogP) is 3.42. The molecule has 1 aromatic carbocycles. The first kappa shape index (κ1) is 14.9. The predicted molar refractivity (Wildman–Crippen MR) is 87.8 cm³/mol. The Morgan fingerprint density at radius 2 is 2.24 bits per heavy atom. The zero-order valence-corrected chi connectivity index (χ0v) is 13.6. The molecule has 0 spiro atoms. The highest BCUT2D eigenvalue weighted by atomic mass is 16.5. The van der Waals surface area contributed by atoms with Crippen LogP contribution in [0.4, 0.5) is 5.69 Å². The summed E-state index contributed by atoms with van der Waals surface area (Å²) in [7, 11) is 0. The lowest BCUT2D eigenvalue weighted by Gasteiger charge is -2.34. The number of fused-ring (bicyclic) bond motifs is 1. The molecular formula is C18H28N2O. The Labute approximate surface area is 128 Å². The van der Waals surface area contributed by atoms with Gasteiger partial charge in [0.2, 0.25) is 0 Å². The number of aryl methyl sites for hydroxylation is 1. The monoisotopic (exact) mass is 288 g/mol. The first-order valence-corrected chi connectivity index (χ1v) is 8.26. The van der Waals surface area contributed by atoms with E-state index in [0.29, 0.717) is 6.10 Å². The second-order valence-electron chi connectivity index (χ2n) is 7.26. The van der Waals surface area contributed by atoms with E-state index in [4.69, 9.17) is 10.5 Å². The van der Waals surface area contributed by atoms with Crippen LogP contribution in [0.15, 0.2) is 18.2 Å². The van der Waals surface area contributed by atoms with Crippen LogP contribution in [0.2, 0.25) is 0 Å². The fraction of sp³-hybridized carbons (Fsp3) is 0.667. The second kappa shape index (κ2) is 5.62. The lowest BCUT2D eigenvalue weighted by Crippen LogP contribution is -2.37. The molecule has 0 radical (unpaired) electrons. The van der Waals surface area contributed by atoms with Crippen LogP contribution in [0.25, 0.3) is 0 Å². The van der Waals surface area contributed by atoms with Gasteiger partial charge < -0.3 is 15.4 Å². The van der Waals surface area contributed by atoms with Gasteiger partial charge in [0.05, 0.1) is 11.7 Å². The maximum atomic E-state index is 6.17. The van der Waals surface area contributed by atoms with Crippen molar-refractivity contribution < 1.29 is 4.74 Å². The summed E-state index contributed by atoms with van der Waals surface area (Å²) < 4.78 is 6.17. The van der Waals surface area contributed by atoms with Gasteiger partial charge in [0.25, 0.3) is 0 Å². The molecule has 1 fully saturated rings. The number of anilines is 1. The molecule has 2 heterocycles. The van der Waals surface area contributed by atoms with Gasteiger partial charge in [0.15, 0.2) is 0 Å². The quantitative estimate of drug-likeness (QED) is 0.926. The second-order valence-corrected chi connectivity index (χ2v) is 7.26. The van der Waals surface area contributed by atoms with Gasteiger partial charge in [-0.15, -0.1) is 0 Å². The van der Waals surface area contributed by atoms with Crippen LogP contribution in [0.1, 0.15) is 57.2 Å². The standard InChI is InChI=1S/C18H28N2O/c1-13(19)14-6-7-17-15(11-14)5-4-10-20(17)12-16-8-9-18(2,3)21-16/h6-7,11,13,16H,4-5,8-10,12,19H2,1-3H3. The van der Waals surface area contributed by atoms with Crippen LogP contribution < -0.4 is 10.6 Å². The number of nitrogens with two attached hydrogens (primary N) is 1. The molecule has 2 aliphatic heterocycles. The average molecular weight is 288 g/mol. The number of ether oxygens (including phenoxy) is 1. The van der Waals surface area contributed by atoms with Crippen molar-refractivity contribution >= 4 is 5.69 Å². The molecule has 3 nitrogen and oxygen atoms in total. The third-order valence-electron chi connectivity index (χ3n) is 4.82. The van der Waals surface area contributed by atoms with Gasteiger partial charge >= 0.3 is 0 Å².